The maximum absolute atomic E-state index is 6.51. The molecule has 1 nitrogen and oxygen atoms in total. The Balaban J connectivity index is 2.18. The van der Waals surface area contributed by atoms with Crippen LogP contribution < -0.4 is 5.73 Å². The lowest BCUT2D eigenvalue weighted by atomic mass is 9.74. The highest BCUT2D eigenvalue weighted by Crippen LogP contribution is 2.42. The minimum absolute atomic E-state index is 0.100. The van der Waals surface area contributed by atoms with E-state index in [-0.39, 0.29) is 5.54 Å². The summed E-state index contributed by atoms with van der Waals surface area (Å²) in [4.78, 5) is 1.27. The highest BCUT2D eigenvalue weighted by molar-refractivity contribution is 7.16. The van der Waals surface area contributed by atoms with E-state index in [9.17, 15) is 0 Å². The summed E-state index contributed by atoms with van der Waals surface area (Å²) < 4.78 is 0.855. The van der Waals surface area contributed by atoms with Gasteiger partial charge in [-0.05, 0) is 30.9 Å². The fourth-order valence-corrected chi connectivity index (χ4v) is 3.76. The van der Waals surface area contributed by atoms with Crippen LogP contribution in [0.4, 0.5) is 0 Å². The van der Waals surface area contributed by atoms with E-state index in [1.165, 1.54) is 24.1 Å². The van der Waals surface area contributed by atoms with E-state index in [1.54, 1.807) is 11.3 Å². The van der Waals surface area contributed by atoms with Crippen molar-refractivity contribution in [3.63, 3.8) is 0 Å². The molecule has 0 radical (unpaired) electrons. The zero-order valence-corrected chi connectivity index (χ0v) is 10.7. The van der Waals surface area contributed by atoms with E-state index in [0.717, 1.165) is 23.1 Å². The average molecular weight is 244 g/mol. The van der Waals surface area contributed by atoms with Crippen molar-refractivity contribution >= 4 is 22.9 Å². The van der Waals surface area contributed by atoms with Gasteiger partial charge in [0.05, 0.1) is 9.88 Å². The minimum Gasteiger partial charge on any atom is -0.321 e. The SMILES string of the molecule is CCC1CCCC(N)(c2ccc(Cl)s2)C1. The molecule has 2 atom stereocenters. The Labute approximate surface area is 101 Å². The number of rotatable bonds is 2. The third kappa shape index (κ3) is 2.38. The van der Waals surface area contributed by atoms with Crippen molar-refractivity contribution in [3.05, 3.63) is 21.3 Å². The Morgan fingerprint density at radius 1 is 1.60 bits per heavy atom. The molecule has 1 aromatic heterocycles. The zero-order valence-electron chi connectivity index (χ0n) is 9.13. The van der Waals surface area contributed by atoms with Crippen molar-refractivity contribution < 1.29 is 0 Å². The summed E-state index contributed by atoms with van der Waals surface area (Å²) in [7, 11) is 0. The van der Waals surface area contributed by atoms with Crippen molar-refractivity contribution in [1.82, 2.24) is 0 Å². The van der Waals surface area contributed by atoms with E-state index in [0.29, 0.717) is 0 Å². The summed E-state index contributed by atoms with van der Waals surface area (Å²) in [6, 6.07) is 4.07. The van der Waals surface area contributed by atoms with Crippen molar-refractivity contribution in [1.29, 1.82) is 0 Å². The molecule has 0 aliphatic heterocycles. The van der Waals surface area contributed by atoms with E-state index < -0.39 is 0 Å². The molecule has 1 heterocycles. The van der Waals surface area contributed by atoms with E-state index in [4.69, 9.17) is 17.3 Å². The summed E-state index contributed by atoms with van der Waals surface area (Å²) in [5.74, 6) is 0.796. The Bertz CT molecular complexity index is 336. The van der Waals surface area contributed by atoms with Crippen LogP contribution in [0.2, 0.25) is 4.34 Å². The molecule has 0 saturated heterocycles. The Hall–Kier alpha value is -0.0500. The fourth-order valence-electron chi connectivity index (χ4n) is 2.58. The van der Waals surface area contributed by atoms with Crippen molar-refractivity contribution in [2.75, 3.05) is 0 Å². The number of halogens is 1. The molecule has 1 aliphatic carbocycles. The topological polar surface area (TPSA) is 26.0 Å². The fraction of sp³-hybridized carbons (Fsp3) is 0.667. The van der Waals surface area contributed by atoms with Crippen LogP contribution in [-0.4, -0.2) is 0 Å². The predicted molar refractivity (Wildman–Crippen MR) is 67.4 cm³/mol. The first-order chi connectivity index (χ1) is 7.14. The summed E-state index contributed by atoms with van der Waals surface area (Å²) in [6.07, 6.45) is 6.08. The standard InChI is InChI=1S/C12H18ClNS/c1-2-9-4-3-7-12(14,8-9)10-5-6-11(13)15-10/h5-6,9H,2-4,7-8,14H2,1H3. The maximum atomic E-state index is 6.51. The van der Waals surface area contributed by atoms with Crippen LogP contribution in [0.15, 0.2) is 12.1 Å². The van der Waals surface area contributed by atoms with Crippen LogP contribution >= 0.6 is 22.9 Å². The summed E-state index contributed by atoms with van der Waals surface area (Å²) >= 11 is 7.62. The first-order valence-electron chi connectivity index (χ1n) is 5.69. The molecule has 0 bridgehead atoms. The van der Waals surface area contributed by atoms with Gasteiger partial charge < -0.3 is 5.73 Å². The van der Waals surface area contributed by atoms with Crippen LogP contribution in [0, 0.1) is 5.92 Å². The molecule has 15 heavy (non-hydrogen) atoms. The Morgan fingerprint density at radius 2 is 2.40 bits per heavy atom. The lowest BCUT2D eigenvalue weighted by Crippen LogP contribution is -2.40. The van der Waals surface area contributed by atoms with Crippen molar-refractivity contribution in [2.24, 2.45) is 11.7 Å². The van der Waals surface area contributed by atoms with Gasteiger partial charge in [0.25, 0.3) is 0 Å². The molecule has 2 rings (SSSR count). The van der Waals surface area contributed by atoms with Crippen LogP contribution in [0.1, 0.15) is 43.9 Å². The maximum Gasteiger partial charge on any atom is 0.0931 e. The summed E-state index contributed by atoms with van der Waals surface area (Å²) in [5, 5.41) is 0. The molecule has 1 fully saturated rings. The molecule has 3 heteroatoms. The zero-order chi connectivity index (χ0) is 10.9. The van der Waals surface area contributed by atoms with Gasteiger partial charge in [0.2, 0.25) is 0 Å². The second-order valence-corrected chi connectivity index (χ2v) is 6.35. The minimum atomic E-state index is -0.100. The summed E-state index contributed by atoms with van der Waals surface area (Å²) in [6.45, 7) is 2.26. The number of hydrogen-bond donors (Lipinski definition) is 1. The van der Waals surface area contributed by atoms with Gasteiger partial charge in [0.1, 0.15) is 0 Å². The average Bonchev–Trinajstić information content (AvgIpc) is 2.65. The molecule has 0 spiro atoms. The quantitative estimate of drug-likeness (QED) is 0.830. The van der Waals surface area contributed by atoms with Gasteiger partial charge in [-0.15, -0.1) is 11.3 Å². The van der Waals surface area contributed by atoms with Crippen LogP contribution in [-0.2, 0) is 5.54 Å². The predicted octanol–water partition coefficient (Wildman–Crippen LogP) is 4.16. The molecule has 1 saturated carbocycles. The monoisotopic (exact) mass is 243 g/mol. The second-order valence-electron chi connectivity index (χ2n) is 4.63. The van der Waals surface area contributed by atoms with Crippen LogP contribution in [0.25, 0.3) is 0 Å². The lowest BCUT2D eigenvalue weighted by Gasteiger charge is -2.37. The van der Waals surface area contributed by atoms with E-state index in [2.05, 4.69) is 13.0 Å². The number of hydrogen-bond acceptors (Lipinski definition) is 2. The van der Waals surface area contributed by atoms with Gasteiger partial charge in [-0.3, -0.25) is 0 Å². The van der Waals surface area contributed by atoms with Gasteiger partial charge in [-0.25, -0.2) is 0 Å². The molecule has 0 aromatic carbocycles. The summed E-state index contributed by atoms with van der Waals surface area (Å²) in [5.41, 5.74) is 6.41. The Morgan fingerprint density at radius 3 is 3.00 bits per heavy atom. The molecule has 2 N–H and O–H groups in total. The number of nitrogens with two attached hydrogens (primary N) is 1. The van der Waals surface area contributed by atoms with Gasteiger partial charge in [0, 0.05) is 4.88 Å². The Kier molecular flexibility index (Phi) is 3.39. The van der Waals surface area contributed by atoms with Gasteiger partial charge in [-0.2, -0.15) is 0 Å². The van der Waals surface area contributed by atoms with E-state index >= 15 is 0 Å². The van der Waals surface area contributed by atoms with Gasteiger partial charge >= 0.3 is 0 Å². The molecular weight excluding hydrogens is 226 g/mol. The third-order valence-corrected chi connectivity index (χ3v) is 4.98. The first-order valence-corrected chi connectivity index (χ1v) is 6.88. The highest BCUT2D eigenvalue weighted by atomic mass is 35.5. The smallest absolute Gasteiger partial charge is 0.0931 e. The molecule has 0 amide bonds. The molecule has 1 aromatic rings. The molecule has 1 aliphatic rings. The number of thiophene rings is 1. The van der Waals surface area contributed by atoms with Crippen LogP contribution in [0.3, 0.4) is 0 Å². The van der Waals surface area contributed by atoms with Gasteiger partial charge in [-0.1, -0.05) is 37.8 Å². The normalized spacial score (nSPS) is 31.8. The van der Waals surface area contributed by atoms with Crippen molar-refractivity contribution in [2.45, 2.75) is 44.6 Å². The van der Waals surface area contributed by atoms with Crippen LogP contribution in [0.5, 0.6) is 0 Å². The molecule has 84 valence electrons. The van der Waals surface area contributed by atoms with Gasteiger partial charge in [0.15, 0.2) is 0 Å². The third-order valence-electron chi connectivity index (χ3n) is 3.53. The van der Waals surface area contributed by atoms with E-state index in [1.807, 2.05) is 6.07 Å². The highest BCUT2D eigenvalue weighted by Gasteiger charge is 2.34. The largest absolute Gasteiger partial charge is 0.321 e. The van der Waals surface area contributed by atoms with Crippen molar-refractivity contribution in [3.8, 4) is 0 Å². The lowest BCUT2D eigenvalue weighted by molar-refractivity contribution is 0.225. The second kappa shape index (κ2) is 4.44. The molecule has 2 unspecified atom stereocenters. The first kappa shape index (κ1) is 11.4. The molecular formula is C12H18ClNS.